The topological polar surface area (TPSA) is 113 Å². The summed E-state index contributed by atoms with van der Waals surface area (Å²) in [6, 6.07) is 0.335. The molecular weight excluding hydrogens is 426 g/mol. The van der Waals surface area contributed by atoms with Crippen molar-refractivity contribution in [3.05, 3.63) is 22.3 Å². The summed E-state index contributed by atoms with van der Waals surface area (Å²) in [5.41, 5.74) is 3.17. The van der Waals surface area contributed by atoms with E-state index in [4.69, 9.17) is 14.5 Å². The molecule has 3 fully saturated rings. The zero-order chi connectivity index (χ0) is 20.3. The summed E-state index contributed by atoms with van der Waals surface area (Å²) in [4.78, 5) is 28.2. The van der Waals surface area contributed by atoms with Gasteiger partial charge in [0.25, 0.3) is 0 Å². The van der Waals surface area contributed by atoms with Gasteiger partial charge in [-0.05, 0) is 24.0 Å². The standard InChI is InChI=1S/C19H21N5O4S2/c25-17(14-7-29-10-20-14)28-12-5-24(6-12)18-22-13-1-2-30(26)15(13)16(23-18)21-11-3-19(4-11)8-27-9-19/h7,10-12H,1-6,8-9H2,(H,21,22,23)/t30-/m1/s1. The zero-order valence-corrected chi connectivity index (χ0v) is 17.8. The summed E-state index contributed by atoms with van der Waals surface area (Å²) in [7, 11) is 0. The molecule has 1 atom stereocenters. The summed E-state index contributed by atoms with van der Waals surface area (Å²) in [5, 5.41) is 5.20. The lowest BCUT2D eigenvalue weighted by Gasteiger charge is -2.53. The number of aryl methyl sites for hydroxylation is 1. The molecule has 158 valence electrons. The van der Waals surface area contributed by atoms with Gasteiger partial charge in [0.05, 0.1) is 31.8 Å². The van der Waals surface area contributed by atoms with Crippen molar-refractivity contribution in [1.29, 1.82) is 0 Å². The fourth-order valence-electron chi connectivity index (χ4n) is 4.53. The van der Waals surface area contributed by atoms with E-state index in [1.165, 1.54) is 11.3 Å². The number of anilines is 2. The lowest BCUT2D eigenvalue weighted by atomic mass is 9.64. The molecule has 2 saturated heterocycles. The van der Waals surface area contributed by atoms with Crippen molar-refractivity contribution in [2.75, 3.05) is 42.3 Å². The molecule has 11 heteroatoms. The van der Waals surface area contributed by atoms with Gasteiger partial charge in [-0.25, -0.2) is 14.8 Å². The molecule has 2 aromatic rings. The van der Waals surface area contributed by atoms with Crippen LogP contribution >= 0.6 is 11.3 Å². The van der Waals surface area contributed by atoms with E-state index in [-0.39, 0.29) is 6.10 Å². The molecule has 9 nitrogen and oxygen atoms in total. The van der Waals surface area contributed by atoms with Gasteiger partial charge < -0.3 is 24.2 Å². The molecule has 0 bridgehead atoms. The molecule has 1 N–H and O–H groups in total. The van der Waals surface area contributed by atoms with Crippen LogP contribution in [0.4, 0.5) is 11.8 Å². The van der Waals surface area contributed by atoms with Gasteiger partial charge in [0.1, 0.15) is 17.6 Å². The van der Waals surface area contributed by atoms with E-state index >= 15 is 0 Å². The fourth-order valence-corrected chi connectivity index (χ4v) is 6.37. The second kappa shape index (κ2) is 7.04. The van der Waals surface area contributed by atoms with Crippen LogP contribution in [0.15, 0.2) is 15.8 Å². The summed E-state index contributed by atoms with van der Waals surface area (Å²) >= 11 is 0.312. The molecule has 0 radical (unpaired) electrons. The number of fused-ring (bicyclic) bond motifs is 1. The predicted molar refractivity (Wildman–Crippen MR) is 110 cm³/mol. The van der Waals surface area contributed by atoms with Gasteiger partial charge in [-0.15, -0.1) is 11.3 Å². The lowest BCUT2D eigenvalue weighted by Crippen LogP contribution is -2.56. The largest absolute Gasteiger partial charge is 0.611 e. The van der Waals surface area contributed by atoms with Crippen molar-refractivity contribution >= 4 is 40.2 Å². The minimum atomic E-state index is -1.05. The van der Waals surface area contributed by atoms with Crippen molar-refractivity contribution in [3.63, 3.8) is 0 Å². The highest BCUT2D eigenvalue weighted by molar-refractivity contribution is 7.91. The first-order valence-corrected chi connectivity index (χ1v) is 12.3. The number of hydrogen-bond acceptors (Lipinski definition) is 10. The third-order valence-corrected chi connectivity index (χ3v) is 8.28. The van der Waals surface area contributed by atoms with Gasteiger partial charge >= 0.3 is 5.97 Å². The molecule has 4 aliphatic rings. The average Bonchev–Trinajstić information content (AvgIpc) is 3.29. The summed E-state index contributed by atoms with van der Waals surface area (Å²) in [6.45, 7) is 2.78. The Morgan fingerprint density at radius 3 is 2.90 bits per heavy atom. The maximum absolute atomic E-state index is 12.5. The Labute approximate surface area is 180 Å². The van der Waals surface area contributed by atoms with Crippen LogP contribution in [0.3, 0.4) is 0 Å². The highest BCUT2D eigenvalue weighted by atomic mass is 32.2. The molecule has 0 unspecified atom stereocenters. The first kappa shape index (κ1) is 18.8. The van der Waals surface area contributed by atoms with Gasteiger partial charge in [0, 0.05) is 23.3 Å². The second-order valence-corrected chi connectivity index (χ2v) is 10.7. The van der Waals surface area contributed by atoms with E-state index in [0.717, 1.165) is 36.6 Å². The van der Waals surface area contributed by atoms with Crippen LogP contribution in [0.5, 0.6) is 0 Å². The molecule has 3 aliphatic heterocycles. The maximum atomic E-state index is 12.5. The number of rotatable bonds is 5. The molecule has 1 spiro atoms. The normalized spacial score (nSPS) is 24.7. The van der Waals surface area contributed by atoms with Crippen LogP contribution in [-0.4, -0.2) is 69.7 Å². The van der Waals surface area contributed by atoms with Gasteiger partial charge in [-0.3, -0.25) is 0 Å². The van der Waals surface area contributed by atoms with Crippen molar-refractivity contribution < 1.29 is 18.8 Å². The molecule has 30 heavy (non-hydrogen) atoms. The van der Waals surface area contributed by atoms with E-state index in [9.17, 15) is 9.35 Å². The van der Waals surface area contributed by atoms with Gasteiger partial charge in [-0.1, -0.05) is 0 Å². The van der Waals surface area contributed by atoms with Crippen molar-refractivity contribution in [2.45, 2.75) is 36.3 Å². The van der Waals surface area contributed by atoms with Gasteiger partial charge in [0.15, 0.2) is 11.5 Å². The number of nitrogens with zero attached hydrogens (tertiary/aromatic N) is 4. The Morgan fingerprint density at radius 2 is 2.20 bits per heavy atom. The lowest BCUT2D eigenvalue weighted by molar-refractivity contribution is -0.159. The molecule has 1 saturated carbocycles. The number of ether oxygens (including phenoxy) is 2. The Morgan fingerprint density at radius 1 is 1.37 bits per heavy atom. The van der Waals surface area contributed by atoms with Crippen molar-refractivity contribution in [1.82, 2.24) is 15.0 Å². The van der Waals surface area contributed by atoms with Crippen molar-refractivity contribution in [2.24, 2.45) is 5.41 Å². The smallest absolute Gasteiger partial charge is 0.358 e. The second-order valence-electron chi connectivity index (χ2n) is 8.50. The number of thiazole rings is 1. The van der Waals surface area contributed by atoms with E-state index in [1.807, 2.05) is 4.90 Å². The van der Waals surface area contributed by atoms with Crippen LogP contribution in [0.2, 0.25) is 0 Å². The van der Waals surface area contributed by atoms with E-state index in [2.05, 4.69) is 15.3 Å². The van der Waals surface area contributed by atoms with Crippen LogP contribution in [-0.2, 0) is 27.1 Å². The summed E-state index contributed by atoms with van der Waals surface area (Å²) in [6.07, 6.45) is 2.62. The Hall–Kier alpha value is -1.95. The monoisotopic (exact) mass is 447 g/mol. The molecule has 0 aromatic carbocycles. The maximum Gasteiger partial charge on any atom is 0.358 e. The number of carbonyl (C=O) groups is 1. The molecule has 6 rings (SSSR count). The quantitative estimate of drug-likeness (QED) is 0.534. The van der Waals surface area contributed by atoms with E-state index < -0.39 is 17.1 Å². The minimum Gasteiger partial charge on any atom is -0.611 e. The first-order valence-electron chi connectivity index (χ1n) is 10.1. The van der Waals surface area contributed by atoms with Crippen LogP contribution in [0.25, 0.3) is 0 Å². The molecule has 1 aliphatic carbocycles. The highest BCUT2D eigenvalue weighted by Gasteiger charge is 2.50. The van der Waals surface area contributed by atoms with Gasteiger partial charge in [-0.2, -0.15) is 4.98 Å². The number of aromatic nitrogens is 3. The zero-order valence-electron chi connectivity index (χ0n) is 16.2. The Balaban J connectivity index is 1.14. The third kappa shape index (κ3) is 3.15. The van der Waals surface area contributed by atoms with Crippen LogP contribution in [0.1, 0.15) is 29.0 Å². The third-order valence-electron chi connectivity index (χ3n) is 6.24. The average molecular weight is 448 g/mol. The van der Waals surface area contributed by atoms with Crippen LogP contribution < -0.4 is 10.2 Å². The number of nitrogens with one attached hydrogen (secondary N) is 1. The predicted octanol–water partition coefficient (Wildman–Crippen LogP) is 1.23. The Bertz CT molecular complexity index is 970. The SMILES string of the molecule is O=C(OC1CN(c2nc3c(c(NC4CC5(COC5)C4)n2)[S@+]([O-])CC3)C1)c1cscn1. The van der Waals surface area contributed by atoms with Gasteiger partial charge in [0.2, 0.25) is 10.8 Å². The fraction of sp³-hybridized carbons (Fsp3) is 0.579. The minimum absolute atomic E-state index is 0.202. The highest BCUT2D eigenvalue weighted by Crippen LogP contribution is 2.48. The summed E-state index contributed by atoms with van der Waals surface area (Å²) in [5.74, 6) is 1.51. The number of carbonyl (C=O) groups excluding carboxylic acids is 1. The summed E-state index contributed by atoms with van der Waals surface area (Å²) < 4.78 is 23.4. The molecular formula is C19H21N5O4S2. The molecule has 0 amide bonds. The first-order chi connectivity index (χ1) is 14.6. The van der Waals surface area contributed by atoms with E-state index in [1.54, 1.807) is 10.9 Å². The Kier molecular flexibility index (Phi) is 4.41. The van der Waals surface area contributed by atoms with E-state index in [0.29, 0.717) is 54.2 Å². The number of hydrogen-bond donors (Lipinski definition) is 1. The molecule has 5 heterocycles. The van der Waals surface area contributed by atoms with Crippen LogP contribution in [0, 0.1) is 5.41 Å². The van der Waals surface area contributed by atoms with Crippen molar-refractivity contribution in [3.8, 4) is 0 Å². The molecule has 2 aromatic heterocycles. The number of esters is 1.